The summed E-state index contributed by atoms with van der Waals surface area (Å²) in [7, 11) is 2.89. The summed E-state index contributed by atoms with van der Waals surface area (Å²) in [5, 5.41) is 9.77. The molecule has 88 valence electrons. The summed E-state index contributed by atoms with van der Waals surface area (Å²) in [6.07, 6.45) is -0.875. The highest BCUT2D eigenvalue weighted by Crippen LogP contribution is 2.24. The normalized spacial score (nSPS) is 12.0. The Hall–Kier alpha value is -1.55. The van der Waals surface area contributed by atoms with Crippen LogP contribution in [0.2, 0.25) is 0 Å². The van der Waals surface area contributed by atoms with Gasteiger partial charge in [0.25, 0.3) is 0 Å². The van der Waals surface area contributed by atoms with Crippen LogP contribution in [0.25, 0.3) is 0 Å². The zero-order valence-corrected chi connectivity index (χ0v) is 9.69. The molecule has 4 nitrogen and oxygen atoms in total. The van der Waals surface area contributed by atoms with Crippen molar-refractivity contribution in [2.24, 2.45) is 0 Å². The van der Waals surface area contributed by atoms with Crippen molar-refractivity contribution >= 4 is 5.97 Å². The van der Waals surface area contributed by atoms with E-state index < -0.39 is 12.1 Å². The second-order valence-corrected chi connectivity index (χ2v) is 3.53. The molecule has 0 aliphatic heterocycles. The van der Waals surface area contributed by atoms with E-state index in [1.165, 1.54) is 7.11 Å². The van der Waals surface area contributed by atoms with Crippen molar-refractivity contribution in [3.63, 3.8) is 0 Å². The molecule has 1 N–H and O–H groups in total. The van der Waals surface area contributed by atoms with Gasteiger partial charge in [-0.2, -0.15) is 0 Å². The minimum atomic E-state index is -0.836. The third-order valence-corrected chi connectivity index (χ3v) is 2.39. The van der Waals surface area contributed by atoms with Crippen LogP contribution in [0.5, 0.6) is 5.75 Å². The van der Waals surface area contributed by atoms with Crippen molar-refractivity contribution in [3.8, 4) is 5.75 Å². The van der Waals surface area contributed by atoms with Gasteiger partial charge >= 0.3 is 5.97 Å². The molecule has 0 aromatic heterocycles. The second kappa shape index (κ2) is 5.51. The molecule has 1 atom stereocenters. The van der Waals surface area contributed by atoms with Gasteiger partial charge in [-0.1, -0.05) is 6.07 Å². The number of benzene rings is 1. The van der Waals surface area contributed by atoms with E-state index in [2.05, 4.69) is 4.74 Å². The van der Waals surface area contributed by atoms with Gasteiger partial charge in [0.05, 0.1) is 26.7 Å². The van der Waals surface area contributed by atoms with Crippen molar-refractivity contribution in [1.82, 2.24) is 0 Å². The average Bonchev–Trinajstić information content (AvgIpc) is 2.28. The Morgan fingerprint density at radius 3 is 2.62 bits per heavy atom. The van der Waals surface area contributed by atoms with E-state index in [0.717, 1.165) is 11.3 Å². The number of carbonyl (C=O) groups excluding carboxylic acids is 1. The largest absolute Gasteiger partial charge is 0.496 e. The Balaban J connectivity index is 2.80. The molecule has 0 spiro atoms. The number of esters is 1. The molecule has 1 aromatic rings. The van der Waals surface area contributed by atoms with Crippen LogP contribution >= 0.6 is 0 Å². The van der Waals surface area contributed by atoms with Gasteiger partial charge < -0.3 is 14.6 Å². The number of rotatable bonds is 4. The fourth-order valence-corrected chi connectivity index (χ4v) is 1.47. The van der Waals surface area contributed by atoms with E-state index in [0.29, 0.717) is 5.56 Å². The fourth-order valence-electron chi connectivity index (χ4n) is 1.47. The Bertz CT molecular complexity index is 373. The highest BCUT2D eigenvalue weighted by Gasteiger charge is 2.14. The lowest BCUT2D eigenvalue weighted by molar-refractivity contribution is -0.142. The minimum absolute atomic E-state index is 0.0394. The van der Waals surface area contributed by atoms with E-state index in [1.54, 1.807) is 25.3 Å². The van der Waals surface area contributed by atoms with Crippen molar-refractivity contribution in [2.45, 2.75) is 19.4 Å². The van der Waals surface area contributed by atoms with E-state index in [4.69, 9.17) is 4.74 Å². The Morgan fingerprint density at radius 2 is 2.12 bits per heavy atom. The molecule has 0 heterocycles. The molecule has 0 bridgehead atoms. The number of methoxy groups -OCH3 is 2. The molecular weight excluding hydrogens is 208 g/mol. The Kier molecular flexibility index (Phi) is 4.31. The molecule has 0 radical (unpaired) electrons. The summed E-state index contributed by atoms with van der Waals surface area (Å²) in [6, 6.07) is 5.30. The summed E-state index contributed by atoms with van der Waals surface area (Å²) in [6.45, 7) is 1.88. The standard InChI is InChI=1S/C12H16O4/c1-8-6-9(4-5-11(8)15-2)10(13)7-12(14)16-3/h4-6,10,13H,7H2,1-3H3. The molecule has 0 amide bonds. The number of aliphatic hydroxyl groups is 1. The zero-order valence-electron chi connectivity index (χ0n) is 9.69. The number of hydrogen-bond donors (Lipinski definition) is 1. The highest BCUT2D eigenvalue weighted by molar-refractivity contribution is 5.70. The lowest BCUT2D eigenvalue weighted by Crippen LogP contribution is -2.08. The third-order valence-electron chi connectivity index (χ3n) is 2.39. The number of hydrogen-bond acceptors (Lipinski definition) is 4. The zero-order chi connectivity index (χ0) is 12.1. The molecule has 0 saturated heterocycles. The molecule has 1 unspecified atom stereocenters. The number of carbonyl (C=O) groups is 1. The van der Waals surface area contributed by atoms with Gasteiger partial charge in [0.2, 0.25) is 0 Å². The van der Waals surface area contributed by atoms with Crippen LogP contribution in [0.3, 0.4) is 0 Å². The summed E-state index contributed by atoms with van der Waals surface area (Å²) < 4.78 is 9.60. The van der Waals surface area contributed by atoms with Crippen molar-refractivity contribution < 1.29 is 19.4 Å². The fraction of sp³-hybridized carbons (Fsp3) is 0.417. The van der Waals surface area contributed by atoms with Crippen molar-refractivity contribution in [3.05, 3.63) is 29.3 Å². The average molecular weight is 224 g/mol. The first kappa shape index (κ1) is 12.5. The number of ether oxygens (including phenoxy) is 2. The summed E-state index contributed by atoms with van der Waals surface area (Å²) in [5.41, 5.74) is 1.60. The minimum Gasteiger partial charge on any atom is -0.496 e. The smallest absolute Gasteiger partial charge is 0.308 e. The number of aliphatic hydroxyl groups excluding tert-OH is 1. The monoisotopic (exact) mass is 224 g/mol. The molecular formula is C12H16O4. The molecule has 16 heavy (non-hydrogen) atoms. The maximum Gasteiger partial charge on any atom is 0.308 e. The molecule has 1 aromatic carbocycles. The SMILES string of the molecule is COC(=O)CC(O)c1ccc(OC)c(C)c1. The predicted octanol–water partition coefficient (Wildman–Crippen LogP) is 1.60. The van der Waals surface area contributed by atoms with Gasteiger partial charge in [0.1, 0.15) is 5.75 Å². The van der Waals surface area contributed by atoms with Crippen LogP contribution in [0.1, 0.15) is 23.7 Å². The van der Waals surface area contributed by atoms with Crippen LogP contribution in [0, 0.1) is 6.92 Å². The van der Waals surface area contributed by atoms with Gasteiger partial charge in [0, 0.05) is 0 Å². The van der Waals surface area contributed by atoms with Gasteiger partial charge in [-0.25, -0.2) is 0 Å². The summed E-state index contributed by atoms with van der Waals surface area (Å²) in [4.78, 5) is 11.0. The molecule has 0 aliphatic carbocycles. The first-order valence-corrected chi connectivity index (χ1v) is 4.98. The quantitative estimate of drug-likeness (QED) is 0.789. The second-order valence-electron chi connectivity index (χ2n) is 3.53. The van der Waals surface area contributed by atoms with Crippen molar-refractivity contribution in [1.29, 1.82) is 0 Å². The van der Waals surface area contributed by atoms with Crippen LogP contribution < -0.4 is 4.74 Å². The Morgan fingerprint density at radius 1 is 1.44 bits per heavy atom. The van der Waals surface area contributed by atoms with E-state index in [1.807, 2.05) is 6.92 Å². The van der Waals surface area contributed by atoms with E-state index in [-0.39, 0.29) is 6.42 Å². The van der Waals surface area contributed by atoms with Crippen LogP contribution in [-0.4, -0.2) is 25.3 Å². The van der Waals surface area contributed by atoms with Crippen LogP contribution in [0.4, 0.5) is 0 Å². The molecule has 0 fully saturated rings. The van der Waals surface area contributed by atoms with Crippen LogP contribution in [0.15, 0.2) is 18.2 Å². The molecule has 1 rings (SSSR count). The van der Waals surface area contributed by atoms with Gasteiger partial charge in [0.15, 0.2) is 0 Å². The number of aryl methyl sites for hydroxylation is 1. The first-order valence-electron chi connectivity index (χ1n) is 4.98. The maximum absolute atomic E-state index is 11.0. The first-order chi connectivity index (χ1) is 7.58. The maximum atomic E-state index is 11.0. The van der Waals surface area contributed by atoms with E-state index >= 15 is 0 Å². The van der Waals surface area contributed by atoms with Crippen molar-refractivity contribution in [2.75, 3.05) is 14.2 Å². The summed E-state index contributed by atoms with van der Waals surface area (Å²) >= 11 is 0. The third kappa shape index (κ3) is 2.97. The lowest BCUT2D eigenvalue weighted by atomic mass is 10.0. The molecule has 0 saturated carbocycles. The Labute approximate surface area is 94.8 Å². The van der Waals surface area contributed by atoms with Gasteiger partial charge in [-0.3, -0.25) is 4.79 Å². The highest BCUT2D eigenvalue weighted by atomic mass is 16.5. The van der Waals surface area contributed by atoms with E-state index in [9.17, 15) is 9.90 Å². The van der Waals surface area contributed by atoms with Crippen LogP contribution in [-0.2, 0) is 9.53 Å². The molecule has 4 heteroatoms. The summed E-state index contributed by atoms with van der Waals surface area (Å²) in [5.74, 6) is 0.329. The predicted molar refractivity (Wildman–Crippen MR) is 59.3 cm³/mol. The van der Waals surface area contributed by atoms with Gasteiger partial charge in [-0.15, -0.1) is 0 Å². The lowest BCUT2D eigenvalue weighted by Gasteiger charge is -2.12. The molecule has 0 aliphatic rings. The topological polar surface area (TPSA) is 55.8 Å². The van der Waals surface area contributed by atoms with Gasteiger partial charge in [-0.05, 0) is 30.2 Å².